The molecule has 0 aliphatic carbocycles. The van der Waals surface area contributed by atoms with E-state index in [0.29, 0.717) is 16.7 Å². The first kappa shape index (κ1) is 25.8. The molecule has 0 bridgehead atoms. The standard InChI is InChI=1S/C24H20BrN3O6S2/c1-15-2-7-19(8-3-15)35(30,31)14-22(28-27-18-5-9-20(10-6-18)36(26,32)33)21-13-16-12-17(25)4-11-23(16)34-24(21)29/h2-13,27H,14H2,1H3,(H2,26,32,33)/b28-22-. The van der Waals surface area contributed by atoms with Gasteiger partial charge >= 0.3 is 5.63 Å². The third-order valence-corrected chi connectivity index (χ3v) is 8.28. The Morgan fingerprint density at radius 3 is 2.22 bits per heavy atom. The molecular weight excluding hydrogens is 570 g/mol. The van der Waals surface area contributed by atoms with Crippen LogP contribution in [-0.4, -0.2) is 28.3 Å². The number of rotatable bonds is 7. The zero-order valence-electron chi connectivity index (χ0n) is 18.8. The molecule has 9 nitrogen and oxygen atoms in total. The zero-order chi connectivity index (χ0) is 26.1. The number of sulfone groups is 1. The van der Waals surface area contributed by atoms with E-state index in [1.165, 1.54) is 42.5 Å². The summed E-state index contributed by atoms with van der Waals surface area (Å²) in [6.45, 7) is 1.84. The van der Waals surface area contributed by atoms with Crippen molar-refractivity contribution >= 4 is 58.2 Å². The second-order valence-corrected chi connectivity index (χ2v) is 12.4. The van der Waals surface area contributed by atoms with Crippen LogP contribution in [-0.2, 0) is 19.9 Å². The van der Waals surface area contributed by atoms with Crippen LogP contribution in [0.15, 0.2) is 101 Å². The summed E-state index contributed by atoms with van der Waals surface area (Å²) in [7, 11) is -7.77. The second kappa shape index (κ2) is 9.97. The van der Waals surface area contributed by atoms with E-state index in [-0.39, 0.29) is 21.1 Å². The molecule has 0 amide bonds. The number of hydrogen-bond acceptors (Lipinski definition) is 8. The van der Waals surface area contributed by atoms with Crippen LogP contribution in [0.1, 0.15) is 11.1 Å². The topological polar surface area (TPSA) is 149 Å². The van der Waals surface area contributed by atoms with Crippen LogP contribution in [0.2, 0.25) is 0 Å². The number of anilines is 1. The van der Waals surface area contributed by atoms with Crippen molar-refractivity contribution in [2.75, 3.05) is 11.2 Å². The summed E-state index contributed by atoms with van der Waals surface area (Å²) in [5.41, 5.74) is 3.39. The van der Waals surface area contributed by atoms with Gasteiger partial charge in [0.15, 0.2) is 9.84 Å². The van der Waals surface area contributed by atoms with Gasteiger partial charge in [0.2, 0.25) is 10.0 Å². The SMILES string of the molecule is Cc1ccc(S(=O)(=O)C/C(=N/Nc2ccc(S(N)(=O)=O)cc2)c2cc3cc(Br)ccc3oc2=O)cc1. The number of nitrogens with two attached hydrogens (primary N) is 1. The largest absolute Gasteiger partial charge is 0.422 e. The Hall–Kier alpha value is -3.32. The third kappa shape index (κ3) is 5.90. The predicted molar refractivity (Wildman–Crippen MR) is 141 cm³/mol. The van der Waals surface area contributed by atoms with Gasteiger partial charge in [-0.15, -0.1) is 0 Å². The average Bonchev–Trinajstić information content (AvgIpc) is 2.81. The zero-order valence-corrected chi connectivity index (χ0v) is 22.0. The molecule has 36 heavy (non-hydrogen) atoms. The molecule has 0 radical (unpaired) electrons. The highest BCUT2D eigenvalue weighted by molar-refractivity contribution is 9.10. The minimum atomic E-state index is -3.89. The number of halogens is 1. The van der Waals surface area contributed by atoms with Gasteiger partial charge in [-0.3, -0.25) is 5.43 Å². The molecule has 0 saturated heterocycles. The number of hydrogen-bond donors (Lipinski definition) is 2. The predicted octanol–water partition coefficient (Wildman–Crippen LogP) is 3.80. The maximum absolute atomic E-state index is 13.2. The summed E-state index contributed by atoms with van der Waals surface area (Å²) in [5, 5.41) is 9.90. The second-order valence-electron chi connectivity index (χ2n) is 7.94. The van der Waals surface area contributed by atoms with E-state index in [1.54, 1.807) is 30.3 Å². The Kier molecular flexibility index (Phi) is 7.14. The fourth-order valence-electron chi connectivity index (χ4n) is 3.33. The van der Waals surface area contributed by atoms with Crippen molar-refractivity contribution in [2.24, 2.45) is 10.2 Å². The molecule has 1 aromatic heterocycles. The minimum absolute atomic E-state index is 0.0371. The van der Waals surface area contributed by atoms with E-state index < -0.39 is 31.2 Å². The Balaban J connectivity index is 1.78. The van der Waals surface area contributed by atoms with Gasteiger partial charge in [0.05, 0.1) is 32.5 Å². The van der Waals surface area contributed by atoms with Crippen LogP contribution in [0.4, 0.5) is 5.69 Å². The molecule has 0 spiro atoms. The average molecular weight is 590 g/mol. The van der Waals surface area contributed by atoms with Crippen molar-refractivity contribution in [2.45, 2.75) is 16.7 Å². The fraction of sp³-hybridized carbons (Fsp3) is 0.0833. The summed E-state index contributed by atoms with van der Waals surface area (Å²) in [6, 6.07) is 18.3. The number of primary sulfonamides is 1. The van der Waals surface area contributed by atoms with Gasteiger partial charge in [-0.05, 0) is 67.6 Å². The number of nitrogens with zero attached hydrogens (tertiary/aromatic N) is 1. The monoisotopic (exact) mass is 589 g/mol. The quantitative estimate of drug-likeness (QED) is 0.189. The molecule has 0 unspecified atom stereocenters. The normalized spacial score (nSPS) is 12.6. The molecule has 0 atom stereocenters. The van der Waals surface area contributed by atoms with E-state index in [1.807, 2.05) is 6.92 Å². The first-order valence-electron chi connectivity index (χ1n) is 10.4. The van der Waals surface area contributed by atoms with Gasteiger partial charge in [-0.1, -0.05) is 33.6 Å². The summed E-state index contributed by atoms with van der Waals surface area (Å²) >= 11 is 3.37. The van der Waals surface area contributed by atoms with Crippen molar-refractivity contribution in [1.29, 1.82) is 0 Å². The van der Waals surface area contributed by atoms with Crippen LogP contribution < -0.4 is 16.2 Å². The molecule has 0 saturated carbocycles. The first-order valence-corrected chi connectivity index (χ1v) is 14.4. The maximum Gasteiger partial charge on any atom is 0.345 e. The van der Waals surface area contributed by atoms with Crippen molar-refractivity contribution in [1.82, 2.24) is 0 Å². The highest BCUT2D eigenvalue weighted by Gasteiger charge is 2.22. The molecule has 3 N–H and O–H groups in total. The van der Waals surface area contributed by atoms with E-state index in [4.69, 9.17) is 9.56 Å². The molecule has 1 heterocycles. The molecule has 12 heteroatoms. The molecule has 0 fully saturated rings. The van der Waals surface area contributed by atoms with Crippen LogP contribution in [0.3, 0.4) is 0 Å². The lowest BCUT2D eigenvalue weighted by Crippen LogP contribution is -2.24. The molecule has 186 valence electrons. The van der Waals surface area contributed by atoms with Crippen molar-refractivity contribution in [3.63, 3.8) is 0 Å². The summed E-state index contributed by atoms with van der Waals surface area (Å²) < 4.78 is 55.5. The molecule has 4 aromatic rings. The van der Waals surface area contributed by atoms with E-state index >= 15 is 0 Å². The van der Waals surface area contributed by atoms with Gasteiger partial charge < -0.3 is 4.42 Å². The number of aryl methyl sites for hydroxylation is 1. The maximum atomic E-state index is 13.2. The van der Waals surface area contributed by atoms with Gasteiger partial charge in [0, 0.05) is 9.86 Å². The summed E-state index contributed by atoms with van der Waals surface area (Å²) in [5.74, 6) is -0.595. The highest BCUT2D eigenvalue weighted by Crippen LogP contribution is 2.21. The molecule has 0 aliphatic heterocycles. The van der Waals surface area contributed by atoms with Gasteiger partial charge in [-0.25, -0.2) is 26.8 Å². The number of sulfonamides is 1. The van der Waals surface area contributed by atoms with Crippen LogP contribution >= 0.6 is 15.9 Å². The summed E-state index contributed by atoms with van der Waals surface area (Å²) in [4.78, 5) is 12.8. The fourth-order valence-corrected chi connectivity index (χ4v) is 5.52. The lowest BCUT2D eigenvalue weighted by atomic mass is 10.1. The van der Waals surface area contributed by atoms with E-state index in [0.717, 1.165) is 10.0 Å². The lowest BCUT2D eigenvalue weighted by Gasteiger charge is -2.10. The summed E-state index contributed by atoms with van der Waals surface area (Å²) in [6.07, 6.45) is 0. The van der Waals surface area contributed by atoms with Crippen LogP contribution in [0.5, 0.6) is 0 Å². The molecular formula is C24H20BrN3O6S2. The molecule has 4 rings (SSSR count). The minimum Gasteiger partial charge on any atom is -0.422 e. The van der Waals surface area contributed by atoms with Gasteiger partial charge in [0.1, 0.15) is 5.58 Å². The van der Waals surface area contributed by atoms with Crippen molar-refractivity contribution in [3.8, 4) is 0 Å². The first-order chi connectivity index (χ1) is 16.9. The van der Waals surface area contributed by atoms with Crippen LogP contribution in [0.25, 0.3) is 11.0 Å². The Labute approximate surface area is 215 Å². The molecule has 3 aromatic carbocycles. The van der Waals surface area contributed by atoms with E-state index in [2.05, 4.69) is 26.5 Å². The number of benzene rings is 3. The number of hydrazone groups is 1. The lowest BCUT2D eigenvalue weighted by molar-refractivity contribution is 0.559. The van der Waals surface area contributed by atoms with Crippen molar-refractivity contribution < 1.29 is 21.3 Å². The Morgan fingerprint density at radius 1 is 0.944 bits per heavy atom. The van der Waals surface area contributed by atoms with Gasteiger partial charge in [-0.2, -0.15) is 5.10 Å². The van der Waals surface area contributed by atoms with Crippen LogP contribution in [0, 0.1) is 6.92 Å². The van der Waals surface area contributed by atoms with E-state index in [9.17, 15) is 21.6 Å². The van der Waals surface area contributed by atoms with Crippen molar-refractivity contribution in [3.05, 3.63) is 98.8 Å². The van der Waals surface area contributed by atoms with Gasteiger partial charge in [0.25, 0.3) is 0 Å². The Morgan fingerprint density at radius 2 is 1.58 bits per heavy atom. The molecule has 0 aliphatic rings. The highest BCUT2D eigenvalue weighted by atomic mass is 79.9. The third-order valence-electron chi connectivity index (χ3n) is 5.21. The number of fused-ring (bicyclic) bond motifs is 1. The smallest absolute Gasteiger partial charge is 0.345 e. The Bertz CT molecular complexity index is 1750. The number of nitrogens with one attached hydrogen (secondary N) is 1.